The van der Waals surface area contributed by atoms with Gasteiger partial charge < -0.3 is 14.9 Å². The van der Waals surface area contributed by atoms with Gasteiger partial charge in [-0.25, -0.2) is 4.79 Å². The molecule has 0 saturated carbocycles. The number of nitriles is 1. The van der Waals surface area contributed by atoms with Crippen LogP contribution in [-0.2, 0) is 11.2 Å². The Morgan fingerprint density at radius 3 is 2.52 bits per heavy atom. The van der Waals surface area contributed by atoms with Crippen molar-refractivity contribution in [2.75, 3.05) is 5.32 Å². The summed E-state index contributed by atoms with van der Waals surface area (Å²) in [7, 11) is 0. The number of hydrogen-bond donors (Lipinski definition) is 2. The van der Waals surface area contributed by atoms with Crippen LogP contribution in [0.3, 0.4) is 0 Å². The van der Waals surface area contributed by atoms with E-state index in [1.165, 1.54) is 0 Å². The van der Waals surface area contributed by atoms with E-state index >= 15 is 0 Å². The van der Waals surface area contributed by atoms with E-state index in [9.17, 15) is 4.79 Å². The molecule has 0 bridgehead atoms. The molecule has 0 radical (unpaired) electrons. The zero-order valence-electron chi connectivity index (χ0n) is 19.1. The Labute approximate surface area is 184 Å². The van der Waals surface area contributed by atoms with Crippen LogP contribution in [0.4, 0.5) is 10.5 Å². The minimum Gasteiger partial charge on any atom is -0.486 e. The first-order chi connectivity index (χ1) is 14.7. The van der Waals surface area contributed by atoms with Crippen LogP contribution in [0.2, 0.25) is 0 Å². The van der Waals surface area contributed by atoms with Crippen LogP contribution in [0.1, 0.15) is 76.3 Å². The van der Waals surface area contributed by atoms with Gasteiger partial charge in [0, 0.05) is 11.3 Å². The molecule has 0 aliphatic heterocycles. The SMILES string of the molecule is CC.CC(=N)c1cc(OC2CCc3cc(C#N)ccc32)ccc1NC(=O)OC(C)(C)C. The smallest absolute Gasteiger partial charge is 0.412 e. The maximum atomic E-state index is 12.1. The summed E-state index contributed by atoms with van der Waals surface area (Å²) in [5.74, 6) is 0.628. The first kappa shape index (κ1) is 23.9. The van der Waals surface area contributed by atoms with Crippen molar-refractivity contribution < 1.29 is 14.3 Å². The van der Waals surface area contributed by atoms with E-state index in [-0.39, 0.29) is 6.10 Å². The number of rotatable bonds is 4. The van der Waals surface area contributed by atoms with Crippen molar-refractivity contribution in [3.8, 4) is 11.8 Å². The van der Waals surface area contributed by atoms with Crippen molar-refractivity contribution in [1.82, 2.24) is 0 Å². The summed E-state index contributed by atoms with van der Waals surface area (Å²) in [5, 5.41) is 19.8. The van der Waals surface area contributed by atoms with Crippen molar-refractivity contribution in [2.24, 2.45) is 0 Å². The number of aryl methyl sites for hydroxylation is 1. The third kappa shape index (κ3) is 6.32. The van der Waals surface area contributed by atoms with Gasteiger partial charge in [0.05, 0.1) is 17.3 Å². The van der Waals surface area contributed by atoms with Crippen LogP contribution in [0.5, 0.6) is 5.75 Å². The molecule has 0 fully saturated rings. The van der Waals surface area contributed by atoms with Gasteiger partial charge in [0.15, 0.2) is 0 Å². The fourth-order valence-corrected chi connectivity index (χ4v) is 3.36. The number of carbonyl (C=O) groups excluding carboxylic acids is 1. The number of anilines is 1. The van der Waals surface area contributed by atoms with Crippen LogP contribution in [0, 0.1) is 16.7 Å². The molecule has 1 aliphatic rings. The average molecular weight is 422 g/mol. The molecular weight excluding hydrogens is 390 g/mol. The van der Waals surface area contributed by atoms with Crippen molar-refractivity contribution in [2.45, 2.75) is 66.1 Å². The fraction of sp³-hybridized carbons (Fsp3) is 0.400. The Hall–Kier alpha value is -3.33. The maximum Gasteiger partial charge on any atom is 0.412 e. The second-order valence-electron chi connectivity index (χ2n) is 8.13. The van der Waals surface area contributed by atoms with Gasteiger partial charge >= 0.3 is 6.09 Å². The maximum absolute atomic E-state index is 12.1. The van der Waals surface area contributed by atoms with E-state index in [1.807, 2.05) is 32.0 Å². The summed E-state index contributed by atoms with van der Waals surface area (Å²) in [5.41, 5.74) is 3.68. The third-order valence-electron chi connectivity index (χ3n) is 4.60. The number of nitrogens with one attached hydrogen (secondary N) is 2. The molecule has 31 heavy (non-hydrogen) atoms. The highest BCUT2D eigenvalue weighted by molar-refractivity contribution is 6.04. The van der Waals surface area contributed by atoms with E-state index < -0.39 is 11.7 Å². The first-order valence-corrected chi connectivity index (χ1v) is 10.6. The average Bonchev–Trinajstić information content (AvgIpc) is 3.11. The zero-order chi connectivity index (χ0) is 23.2. The monoisotopic (exact) mass is 421 g/mol. The molecule has 0 heterocycles. The number of hydrogen-bond acceptors (Lipinski definition) is 5. The number of ether oxygens (including phenoxy) is 2. The predicted octanol–water partition coefficient (Wildman–Crippen LogP) is 6.39. The van der Waals surface area contributed by atoms with Crippen molar-refractivity contribution in [3.63, 3.8) is 0 Å². The predicted molar refractivity (Wildman–Crippen MR) is 123 cm³/mol. The quantitative estimate of drug-likeness (QED) is 0.559. The number of fused-ring (bicyclic) bond motifs is 1. The van der Waals surface area contributed by atoms with Crippen LogP contribution >= 0.6 is 0 Å². The number of amides is 1. The van der Waals surface area contributed by atoms with Gasteiger partial charge in [-0.15, -0.1) is 0 Å². The first-order valence-electron chi connectivity index (χ1n) is 10.6. The molecule has 1 amide bonds. The van der Waals surface area contributed by atoms with Gasteiger partial charge in [0.2, 0.25) is 0 Å². The molecule has 0 spiro atoms. The Morgan fingerprint density at radius 1 is 1.19 bits per heavy atom. The molecule has 3 rings (SSSR count). The van der Waals surface area contributed by atoms with E-state index in [1.54, 1.807) is 45.9 Å². The van der Waals surface area contributed by atoms with Crippen LogP contribution in [0.25, 0.3) is 0 Å². The summed E-state index contributed by atoms with van der Waals surface area (Å²) < 4.78 is 11.5. The van der Waals surface area contributed by atoms with E-state index in [4.69, 9.17) is 20.1 Å². The Kier molecular flexibility index (Phi) is 7.82. The van der Waals surface area contributed by atoms with Crippen LogP contribution in [0.15, 0.2) is 36.4 Å². The normalized spacial score (nSPS) is 14.4. The summed E-state index contributed by atoms with van der Waals surface area (Å²) in [6, 6.07) is 13.1. The third-order valence-corrected chi connectivity index (χ3v) is 4.60. The number of carbonyl (C=O) groups is 1. The second kappa shape index (κ2) is 10.1. The molecule has 6 nitrogen and oxygen atoms in total. The highest BCUT2D eigenvalue weighted by atomic mass is 16.6. The lowest BCUT2D eigenvalue weighted by atomic mass is 10.1. The van der Waals surface area contributed by atoms with E-state index in [0.29, 0.717) is 28.3 Å². The lowest BCUT2D eigenvalue weighted by Gasteiger charge is -2.21. The van der Waals surface area contributed by atoms with Crippen molar-refractivity contribution >= 4 is 17.5 Å². The number of benzene rings is 2. The molecule has 0 aromatic heterocycles. The van der Waals surface area contributed by atoms with Crippen molar-refractivity contribution in [1.29, 1.82) is 10.7 Å². The van der Waals surface area contributed by atoms with Gasteiger partial charge in [-0.2, -0.15) is 5.26 Å². The minimum absolute atomic E-state index is 0.0960. The lowest BCUT2D eigenvalue weighted by Crippen LogP contribution is -2.27. The highest BCUT2D eigenvalue weighted by Crippen LogP contribution is 2.36. The molecular formula is C25H31N3O3. The summed E-state index contributed by atoms with van der Waals surface area (Å²) in [6.07, 6.45) is 1.04. The lowest BCUT2D eigenvalue weighted by molar-refractivity contribution is 0.0636. The van der Waals surface area contributed by atoms with E-state index in [0.717, 1.165) is 24.0 Å². The van der Waals surface area contributed by atoms with E-state index in [2.05, 4.69) is 11.4 Å². The summed E-state index contributed by atoms with van der Waals surface area (Å²) in [4.78, 5) is 12.1. The Bertz CT molecular complexity index is 1000. The molecule has 1 atom stereocenters. The molecule has 2 N–H and O–H groups in total. The topological polar surface area (TPSA) is 95.2 Å². The molecule has 1 aliphatic carbocycles. The molecule has 6 heteroatoms. The molecule has 164 valence electrons. The minimum atomic E-state index is -0.603. The largest absolute Gasteiger partial charge is 0.486 e. The van der Waals surface area contributed by atoms with Gasteiger partial charge in [-0.05, 0) is 82.0 Å². The fourth-order valence-electron chi connectivity index (χ4n) is 3.36. The molecule has 2 aromatic rings. The zero-order valence-corrected chi connectivity index (χ0v) is 19.1. The number of nitrogens with zero attached hydrogens (tertiary/aromatic N) is 1. The summed E-state index contributed by atoms with van der Waals surface area (Å²) >= 11 is 0. The molecule has 2 aromatic carbocycles. The van der Waals surface area contributed by atoms with Crippen molar-refractivity contribution in [3.05, 3.63) is 58.7 Å². The van der Waals surface area contributed by atoms with Gasteiger partial charge in [-0.3, -0.25) is 5.32 Å². The standard InChI is InChI=1S/C23H25N3O3.C2H6/c1-14(25)19-12-17(7-9-20(19)26-22(27)29-23(2,3)4)28-21-10-6-16-11-15(13-24)5-8-18(16)21;1-2/h5,7-9,11-12,21,25H,6,10H2,1-4H3,(H,26,27);1-2H3. The van der Waals surface area contributed by atoms with Gasteiger partial charge in [-0.1, -0.05) is 19.9 Å². The van der Waals surface area contributed by atoms with Gasteiger partial charge in [0.1, 0.15) is 17.5 Å². The Balaban J connectivity index is 0.00000166. The highest BCUT2D eigenvalue weighted by Gasteiger charge is 2.25. The summed E-state index contributed by atoms with van der Waals surface area (Å²) in [6.45, 7) is 11.1. The molecule has 0 saturated heterocycles. The Morgan fingerprint density at radius 2 is 1.90 bits per heavy atom. The van der Waals surface area contributed by atoms with Crippen LogP contribution < -0.4 is 10.1 Å². The second-order valence-corrected chi connectivity index (χ2v) is 8.13. The molecule has 1 unspecified atom stereocenters. The van der Waals surface area contributed by atoms with Crippen LogP contribution in [-0.4, -0.2) is 17.4 Å². The van der Waals surface area contributed by atoms with Gasteiger partial charge in [0.25, 0.3) is 0 Å².